The predicted octanol–water partition coefficient (Wildman–Crippen LogP) is 3.41. The molecule has 0 spiro atoms. The Balaban J connectivity index is 1.54. The molecule has 140 valence electrons. The minimum atomic E-state index is -0.141. The standard InChI is InChI=1S/C19H25N3O2S2/c23-17(13-26-19(25)22-11-5-6-12-22)21-16-10-4-3-9-15(16)18(24)20-14-7-1-2-8-14/h3-4,9-10,14H,1-2,5-8,11-13H2,(H,20,24)(H,21,23). The Labute approximate surface area is 164 Å². The van der Waals surface area contributed by atoms with Crippen molar-refractivity contribution in [3.05, 3.63) is 29.8 Å². The van der Waals surface area contributed by atoms with Gasteiger partial charge in [0.1, 0.15) is 4.32 Å². The molecular weight excluding hydrogens is 366 g/mol. The molecule has 0 unspecified atom stereocenters. The molecule has 2 amide bonds. The maximum Gasteiger partial charge on any atom is 0.253 e. The van der Waals surface area contributed by atoms with Crippen molar-refractivity contribution >= 4 is 45.8 Å². The molecule has 1 saturated heterocycles. The molecule has 1 saturated carbocycles. The van der Waals surface area contributed by atoms with Gasteiger partial charge in [0, 0.05) is 19.1 Å². The summed E-state index contributed by atoms with van der Waals surface area (Å²) in [6, 6.07) is 7.41. The van der Waals surface area contributed by atoms with E-state index in [-0.39, 0.29) is 23.6 Å². The normalized spacial score (nSPS) is 17.3. The summed E-state index contributed by atoms with van der Waals surface area (Å²) in [5, 5.41) is 5.94. The number of nitrogens with zero attached hydrogens (tertiary/aromatic N) is 1. The smallest absolute Gasteiger partial charge is 0.253 e. The van der Waals surface area contributed by atoms with Crippen LogP contribution in [0.1, 0.15) is 48.9 Å². The van der Waals surface area contributed by atoms with Crippen molar-refractivity contribution in [1.29, 1.82) is 0 Å². The molecule has 1 aromatic rings. The molecule has 1 heterocycles. The van der Waals surface area contributed by atoms with E-state index in [2.05, 4.69) is 15.5 Å². The van der Waals surface area contributed by atoms with E-state index in [0.717, 1.165) is 55.9 Å². The Morgan fingerprint density at radius 2 is 1.81 bits per heavy atom. The van der Waals surface area contributed by atoms with Crippen molar-refractivity contribution in [2.24, 2.45) is 0 Å². The van der Waals surface area contributed by atoms with Gasteiger partial charge >= 0.3 is 0 Å². The number of rotatable bonds is 5. The highest BCUT2D eigenvalue weighted by molar-refractivity contribution is 8.23. The second-order valence-electron chi connectivity index (χ2n) is 6.80. The highest BCUT2D eigenvalue weighted by Crippen LogP contribution is 2.21. The number of benzene rings is 1. The molecule has 1 aliphatic carbocycles. The van der Waals surface area contributed by atoms with Crippen molar-refractivity contribution < 1.29 is 9.59 Å². The molecule has 2 aliphatic rings. The minimum absolute atomic E-state index is 0.118. The van der Waals surface area contributed by atoms with Crippen LogP contribution in [0.4, 0.5) is 5.69 Å². The largest absolute Gasteiger partial charge is 0.358 e. The summed E-state index contributed by atoms with van der Waals surface area (Å²) in [5.41, 5.74) is 1.07. The van der Waals surface area contributed by atoms with Gasteiger partial charge in [-0.15, -0.1) is 0 Å². The lowest BCUT2D eigenvalue weighted by atomic mass is 10.1. The average molecular weight is 392 g/mol. The van der Waals surface area contributed by atoms with Gasteiger partial charge < -0.3 is 15.5 Å². The monoisotopic (exact) mass is 391 g/mol. The first-order valence-electron chi connectivity index (χ1n) is 9.25. The molecule has 0 radical (unpaired) electrons. The van der Waals surface area contributed by atoms with Gasteiger partial charge in [0.05, 0.1) is 17.0 Å². The average Bonchev–Trinajstić information content (AvgIpc) is 3.34. The van der Waals surface area contributed by atoms with Gasteiger partial charge in [0.2, 0.25) is 5.91 Å². The molecule has 1 aromatic carbocycles. The van der Waals surface area contributed by atoms with Crippen LogP contribution in [-0.2, 0) is 4.79 Å². The quantitative estimate of drug-likeness (QED) is 0.753. The van der Waals surface area contributed by atoms with Crippen LogP contribution in [0.25, 0.3) is 0 Å². The zero-order chi connectivity index (χ0) is 18.4. The number of anilines is 1. The molecule has 3 rings (SSSR count). The Hall–Kier alpha value is -1.60. The van der Waals surface area contributed by atoms with Gasteiger partial charge in [0.25, 0.3) is 5.91 Å². The molecule has 1 aliphatic heterocycles. The van der Waals surface area contributed by atoms with Crippen LogP contribution in [-0.4, -0.2) is 45.9 Å². The summed E-state index contributed by atoms with van der Waals surface area (Å²) in [5.74, 6) is -0.000759. The number of nitrogens with one attached hydrogen (secondary N) is 2. The summed E-state index contributed by atoms with van der Waals surface area (Å²) in [7, 11) is 0. The lowest BCUT2D eigenvalue weighted by Crippen LogP contribution is -2.33. The Bertz CT molecular complexity index is 669. The maximum absolute atomic E-state index is 12.5. The van der Waals surface area contributed by atoms with Gasteiger partial charge in [0.15, 0.2) is 0 Å². The number of thioether (sulfide) groups is 1. The number of hydrogen-bond donors (Lipinski definition) is 2. The number of para-hydroxylation sites is 1. The number of thiocarbonyl (C=S) groups is 1. The van der Waals surface area contributed by atoms with Crippen LogP contribution in [0, 0.1) is 0 Å². The fourth-order valence-electron chi connectivity index (χ4n) is 3.43. The second-order valence-corrected chi connectivity index (χ2v) is 8.41. The molecule has 2 N–H and O–H groups in total. The Morgan fingerprint density at radius 3 is 2.54 bits per heavy atom. The summed E-state index contributed by atoms with van der Waals surface area (Å²) in [6.07, 6.45) is 6.72. The summed E-state index contributed by atoms with van der Waals surface area (Å²) < 4.78 is 0.782. The number of carbonyl (C=O) groups excluding carboxylic acids is 2. The Kier molecular flexibility index (Phi) is 6.91. The molecule has 0 atom stereocenters. The zero-order valence-corrected chi connectivity index (χ0v) is 16.5. The lowest BCUT2D eigenvalue weighted by Gasteiger charge is -2.18. The van der Waals surface area contributed by atoms with E-state index in [4.69, 9.17) is 12.2 Å². The number of likely N-dealkylation sites (tertiary alicyclic amines) is 1. The topological polar surface area (TPSA) is 61.4 Å². The van der Waals surface area contributed by atoms with E-state index in [1.165, 1.54) is 11.8 Å². The van der Waals surface area contributed by atoms with Crippen molar-refractivity contribution in [3.63, 3.8) is 0 Å². The third kappa shape index (κ3) is 5.20. The van der Waals surface area contributed by atoms with Crippen LogP contribution in [0.2, 0.25) is 0 Å². The third-order valence-corrected chi connectivity index (χ3v) is 6.35. The van der Waals surface area contributed by atoms with Crippen LogP contribution in [0.5, 0.6) is 0 Å². The van der Waals surface area contributed by atoms with E-state index < -0.39 is 0 Å². The first-order valence-corrected chi connectivity index (χ1v) is 10.6. The molecule has 5 nitrogen and oxygen atoms in total. The van der Waals surface area contributed by atoms with E-state index in [1.807, 2.05) is 12.1 Å². The third-order valence-electron chi connectivity index (χ3n) is 4.83. The van der Waals surface area contributed by atoms with E-state index >= 15 is 0 Å². The predicted molar refractivity (Wildman–Crippen MR) is 111 cm³/mol. The first kappa shape index (κ1) is 19.2. The highest BCUT2D eigenvalue weighted by atomic mass is 32.2. The van der Waals surface area contributed by atoms with Crippen LogP contribution < -0.4 is 10.6 Å². The summed E-state index contributed by atoms with van der Waals surface area (Å²) in [4.78, 5) is 27.0. The van der Waals surface area contributed by atoms with Crippen molar-refractivity contribution in [2.45, 2.75) is 44.6 Å². The van der Waals surface area contributed by atoms with Crippen molar-refractivity contribution in [3.8, 4) is 0 Å². The molecule has 0 aromatic heterocycles. The number of carbonyl (C=O) groups is 2. The summed E-state index contributed by atoms with van der Waals surface area (Å²) in [6.45, 7) is 1.97. The van der Waals surface area contributed by atoms with Crippen molar-refractivity contribution in [1.82, 2.24) is 10.2 Å². The van der Waals surface area contributed by atoms with Gasteiger partial charge in [-0.2, -0.15) is 0 Å². The lowest BCUT2D eigenvalue weighted by molar-refractivity contribution is -0.113. The molecule has 7 heteroatoms. The maximum atomic E-state index is 12.5. The van der Waals surface area contributed by atoms with Gasteiger partial charge in [-0.1, -0.05) is 49.0 Å². The van der Waals surface area contributed by atoms with Crippen LogP contribution >= 0.6 is 24.0 Å². The SMILES string of the molecule is O=C(CSC(=S)N1CCCC1)Nc1ccccc1C(=O)NC1CCCC1. The van der Waals surface area contributed by atoms with E-state index in [1.54, 1.807) is 12.1 Å². The van der Waals surface area contributed by atoms with Gasteiger partial charge in [-0.25, -0.2) is 0 Å². The van der Waals surface area contributed by atoms with Gasteiger partial charge in [-0.05, 0) is 37.8 Å². The van der Waals surface area contributed by atoms with Crippen molar-refractivity contribution in [2.75, 3.05) is 24.2 Å². The fourth-order valence-corrected chi connectivity index (χ4v) is 4.48. The Morgan fingerprint density at radius 1 is 1.12 bits per heavy atom. The zero-order valence-electron chi connectivity index (χ0n) is 14.8. The number of hydrogen-bond acceptors (Lipinski definition) is 4. The van der Waals surface area contributed by atoms with Crippen LogP contribution in [0.3, 0.4) is 0 Å². The fraction of sp³-hybridized carbons (Fsp3) is 0.526. The minimum Gasteiger partial charge on any atom is -0.358 e. The molecule has 2 fully saturated rings. The molecule has 26 heavy (non-hydrogen) atoms. The molecule has 0 bridgehead atoms. The number of amides is 2. The van der Waals surface area contributed by atoms with E-state index in [9.17, 15) is 9.59 Å². The second kappa shape index (κ2) is 9.37. The van der Waals surface area contributed by atoms with Crippen LogP contribution in [0.15, 0.2) is 24.3 Å². The summed E-state index contributed by atoms with van der Waals surface area (Å²) >= 11 is 6.78. The molecular formula is C19H25N3O2S2. The van der Waals surface area contributed by atoms with Gasteiger partial charge in [-0.3, -0.25) is 9.59 Å². The van der Waals surface area contributed by atoms with E-state index in [0.29, 0.717) is 11.3 Å². The highest BCUT2D eigenvalue weighted by Gasteiger charge is 2.20. The first-order chi connectivity index (χ1) is 12.6.